The van der Waals surface area contributed by atoms with Crippen LogP contribution in [0.1, 0.15) is 6.42 Å². The predicted octanol–water partition coefficient (Wildman–Crippen LogP) is 0.860. The van der Waals surface area contributed by atoms with Crippen molar-refractivity contribution in [3.05, 3.63) is 12.7 Å². The van der Waals surface area contributed by atoms with Gasteiger partial charge in [0.15, 0.2) is 0 Å². The van der Waals surface area contributed by atoms with Crippen LogP contribution in [0.2, 0.25) is 0 Å². The average molecular weight is 300 g/mol. The van der Waals surface area contributed by atoms with Crippen LogP contribution < -0.4 is 5.32 Å². The van der Waals surface area contributed by atoms with Crippen LogP contribution in [-0.2, 0) is 14.3 Å². The summed E-state index contributed by atoms with van der Waals surface area (Å²) in [5, 5.41) is 2.80. The fourth-order valence-corrected chi connectivity index (χ4v) is 4.67. The first kappa shape index (κ1) is 11.3. The van der Waals surface area contributed by atoms with Gasteiger partial charge in [0, 0.05) is 12.5 Å². The first-order valence-electron chi connectivity index (χ1n) is 5.88. The van der Waals surface area contributed by atoms with Crippen molar-refractivity contribution in [3.8, 4) is 0 Å². The lowest BCUT2D eigenvalue weighted by atomic mass is 9.79. The molecule has 6 atom stereocenters. The van der Waals surface area contributed by atoms with Crippen LogP contribution in [0.3, 0.4) is 0 Å². The van der Waals surface area contributed by atoms with Crippen molar-refractivity contribution in [3.63, 3.8) is 0 Å². The van der Waals surface area contributed by atoms with E-state index in [0.29, 0.717) is 6.54 Å². The smallest absolute Gasteiger partial charge is 0.310 e. The molecule has 17 heavy (non-hydrogen) atoms. The number of ether oxygens (including phenoxy) is 1. The summed E-state index contributed by atoms with van der Waals surface area (Å²) in [6.45, 7) is 4.02. The molecule has 2 saturated carbocycles. The van der Waals surface area contributed by atoms with Gasteiger partial charge in [-0.15, -0.1) is 6.58 Å². The summed E-state index contributed by atoms with van der Waals surface area (Å²) in [5.41, 5.74) is 0. The van der Waals surface area contributed by atoms with E-state index in [0.717, 1.165) is 6.42 Å². The van der Waals surface area contributed by atoms with Crippen LogP contribution >= 0.6 is 15.9 Å². The fourth-order valence-electron chi connectivity index (χ4n) is 3.62. The molecule has 0 spiro atoms. The molecule has 1 heterocycles. The van der Waals surface area contributed by atoms with Gasteiger partial charge in [0.1, 0.15) is 6.10 Å². The predicted molar refractivity (Wildman–Crippen MR) is 64.4 cm³/mol. The van der Waals surface area contributed by atoms with Gasteiger partial charge in [-0.25, -0.2) is 0 Å². The zero-order valence-electron chi connectivity index (χ0n) is 9.27. The van der Waals surface area contributed by atoms with Gasteiger partial charge < -0.3 is 10.1 Å². The highest BCUT2D eigenvalue weighted by Gasteiger charge is 2.67. The maximum atomic E-state index is 12.1. The molecule has 5 heteroatoms. The van der Waals surface area contributed by atoms with Crippen LogP contribution in [0.5, 0.6) is 0 Å². The van der Waals surface area contributed by atoms with E-state index in [2.05, 4.69) is 27.8 Å². The molecule has 3 rings (SSSR count). The minimum atomic E-state index is -0.226. The number of esters is 1. The highest BCUT2D eigenvalue weighted by Crippen LogP contribution is 2.59. The van der Waals surface area contributed by atoms with Gasteiger partial charge in [-0.1, -0.05) is 22.0 Å². The molecule has 0 unspecified atom stereocenters. The van der Waals surface area contributed by atoms with Gasteiger partial charge in [-0.3, -0.25) is 9.59 Å². The molecule has 2 bridgehead atoms. The van der Waals surface area contributed by atoms with Gasteiger partial charge >= 0.3 is 5.97 Å². The number of nitrogens with one attached hydrogen (secondary N) is 1. The summed E-state index contributed by atoms with van der Waals surface area (Å²) in [4.78, 5) is 24.0. The van der Waals surface area contributed by atoms with E-state index in [1.807, 2.05) is 0 Å². The number of hydrogen-bond acceptors (Lipinski definition) is 3. The molecular weight excluding hydrogens is 286 g/mol. The van der Waals surface area contributed by atoms with Gasteiger partial charge in [0.2, 0.25) is 5.91 Å². The third kappa shape index (κ3) is 1.41. The van der Waals surface area contributed by atoms with Crippen molar-refractivity contribution in [2.45, 2.75) is 17.4 Å². The number of carbonyl (C=O) groups excluding carboxylic acids is 2. The Labute approximate surface area is 108 Å². The Hall–Kier alpha value is -0.840. The number of fused-ring (bicyclic) bond motifs is 1. The Morgan fingerprint density at radius 2 is 2.35 bits per heavy atom. The Balaban J connectivity index is 1.84. The molecular formula is C12H14BrNO3. The summed E-state index contributed by atoms with van der Waals surface area (Å²) in [7, 11) is 0. The molecule has 1 saturated heterocycles. The standard InChI is InChI=1S/C12H14BrNO3/c1-2-3-14-11(15)7-5-4-6-8(7)12(16)17-10(6)9(5)13/h2,5-10H,1,3-4H2,(H,14,15)/t5-,6+,7+,8-,9+,10-/m0/s1. The van der Waals surface area contributed by atoms with Crippen molar-refractivity contribution in [1.29, 1.82) is 0 Å². The molecule has 92 valence electrons. The lowest BCUT2D eigenvalue weighted by Gasteiger charge is -2.27. The van der Waals surface area contributed by atoms with Gasteiger partial charge in [0.05, 0.1) is 16.7 Å². The summed E-state index contributed by atoms with van der Waals surface area (Å²) in [6, 6.07) is 0. The molecule has 1 N–H and O–H groups in total. The Morgan fingerprint density at radius 1 is 1.59 bits per heavy atom. The normalized spacial score (nSPS) is 45.8. The van der Waals surface area contributed by atoms with E-state index in [1.54, 1.807) is 6.08 Å². The van der Waals surface area contributed by atoms with Crippen LogP contribution in [0.25, 0.3) is 0 Å². The molecule has 3 fully saturated rings. The third-order valence-corrected chi connectivity index (χ3v) is 5.45. The van der Waals surface area contributed by atoms with E-state index in [9.17, 15) is 9.59 Å². The average Bonchev–Trinajstić information content (AvgIpc) is 2.89. The molecule has 0 aromatic carbocycles. The highest BCUT2D eigenvalue weighted by molar-refractivity contribution is 9.09. The second-order valence-corrected chi connectivity index (χ2v) is 6.05. The van der Waals surface area contributed by atoms with E-state index in [4.69, 9.17) is 4.74 Å². The number of carbonyl (C=O) groups is 2. The molecule has 1 aliphatic heterocycles. The molecule has 0 aromatic rings. The quantitative estimate of drug-likeness (QED) is 0.478. The second kappa shape index (κ2) is 3.83. The number of rotatable bonds is 3. The molecule has 4 nitrogen and oxygen atoms in total. The van der Waals surface area contributed by atoms with Crippen molar-refractivity contribution < 1.29 is 14.3 Å². The summed E-state index contributed by atoms with van der Waals surface area (Å²) < 4.78 is 5.35. The molecule has 0 radical (unpaired) electrons. The largest absolute Gasteiger partial charge is 0.461 e. The minimum absolute atomic E-state index is 0.0130. The van der Waals surface area contributed by atoms with Gasteiger partial charge in [-0.2, -0.15) is 0 Å². The summed E-state index contributed by atoms with van der Waals surface area (Å²) in [5.74, 6) is -0.214. The highest BCUT2D eigenvalue weighted by atomic mass is 79.9. The second-order valence-electron chi connectivity index (χ2n) is 4.99. The monoisotopic (exact) mass is 299 g/mol. The van der Waals surface area contributed by atoms with E-state index >= 15 is 0 Å². The van der Waals surface area contributed by atoms with Crippen LogP contribution in [-0.4, -0.2) is 29.4 Å². The van der Waals surface area contributed by atoms with Crippen molar-refractivity contribution in [1.82, 2.24) is 5.32 Å². The van der Waals surface area contributed by atoms with E-state index in [1.165, 1.54) is 0 Å². The van der Waals surface area contributed by atoms with Crippen molar-refractivity contribution in [2.24, 2.45) is 23.7 Å². The third-order valence-electron chi connectivity index (χ3n) is 4.25. The topological polar surface area (TPSA) is 55.4 Å². The van der Waals surface area contributed by atoms with Gasteiger partial charge in [0.25, 0.3) is 0 Å². The van der Waals surface area contributed by atoms with Gasteiger partial charge in [-0.05, 0) is 12.3 Å². The maximum absolute atomic E-state index is 12.1. The Bertz CT molecular complexity index is 397. The zero-order valence-corrected chi connectivity index (χ0v) is 10.9. The Morgan fingerprint density at radius 3 is 3.06 bits per heavy atom. The van der Waals surface area contributed by atoms with Crippen molar-refractivity contribution >= 4 is 27.8 Å². The maximum Gasteiger partial charge on any atom is 0.310 e. The summed E-state index contributed by atoms with van der Waals surface area (Å²) >= 11 is 3.58. The lowest BCUT2D eigenvalue weighted by molar-refractivity contribution is -0.145. The van der Waals surface area contributed by atoms with Crippen LogP contribution in [0.15, 0.2) is 12.7 Å². The SMILES string of the molecule is C=CCNC(=O)[C@@H]1[C@@H]2C[C@H]3[C@H](OC(=O)[C@@H]31)[C@@H]2Br. The molecule has 1 amide bonds. The summed E-state index contributed by atoms with van der Waals surface area (Å²) in [6.07, 6.45) is 2.55. The van der Waals surface area contributed by atoms with Crippen molar-refractivity contribution in [2.75, 3.05) is 6.54 Å². The first-order chi connectivity index (χ1) is 8.15. The number of alkyl halides is 1. The number of hydrogen-bond donors (Lipinski definition) is 1. The minimum Gasteiger partial charge on any atom is -0.461 e. The molecule has 0 aromatic heterocycles. The van der Waals surface area contributed by atoms with Crippen LogP contribution in [0, 0.1) is 23.7 Å². The number of halogens is 1. The lowest BCUT2D eigenvalue weighted by Crippen LogP contribution is -2.43. The zero-order chi connectivity index (χ0) is 12.2. The Kier molecular flexibility index (Phi) is 2.54. The van der Waals surface area contributed by atoms with E-state index < -0.39 is 0 Å². The number of amides is 1. The molecule has 3 aliphatic rings. The fraction of sp³-hybridized carbons (Fsp3) is 0.667. The molecule has 2 aliphatic carbocycles. The van der Waals surface area contributed by atoms with E-state index in [-0.39, 0.29) is 46.5 Å². The first-order valence-corrected chi connectivity index (χ1v) is 6.80. The van der Waals surface area contributed by atoms with Crippen LogP contribution in [0.4, 0.5) is 0 Å².